The number of hydrogen-bond acceptors (Lipinski definition) is 3. The highest BCUT2D eigenvalue weighted by Crippen LogP contribution is 2.28. The zero-order valence-electron chi connectivity index (χ0n) is 12.5. The van der Waals surface area contributed by atoms with Crippen LogP contribution in [0.3, 0.4) is 0 Å². The molecule has 2 atom stereocenters. The van der Waals surface area contributed by atoms with E-state index < -0.39 is 5.97 Å². The number of alkyl halides is 1. The summed E-state index contributed by atoms with van der Waals surface area (Å²) in [6, 6.07) is 5.94. The zero-order chi connectivity index (χ0) is 15.4. The lowest BCUT2D eigenvalue weighted by Crippen LogP contribution is -2.40. The quantitative estimate of drug-likeness (QED) is 0.849. The van der Waals surface area contributed by atoms with E-state index >= 15 is 0 Å². The van der Waals surface area contributed by atoms with E-state index in [0.717, 1.165) is 36.3 Å². The first-order valence-corrected chi connectivity index (χ1v) is 7.68. The van der Waals surface area contributed by atoms with E-state index in [-0.39, 0.29) is 11.3 Å². The molecule has 116 valence electrons. The first-order chi connectivity index (χ1) is 10.0. The maximum Gasteiger partial charge on any atom is 0.307 e. The first-order valence-electron chi connectivity index (χ1n) is 7.25. The van der Waals surface area contributed by atoms with Crippen molar-refractivity contribution < 1.29 is 14.6 Å². The van der Waals surface area contributed by atoms with Gasteiger partial charge in [0.1, 0.15) is 5.75 Å². The van der Waals surface area contributed by atoms with Gasteiger partial charge in [-0.15, -0.1) is 11.6 Å². The van der Waals surface area contributed by atoms with Crippen LogP contribution in [0.5, 0.6) is 5.75 Å². The number of piperidine rings is 1. The van der Waals surface area contributed by atoms with Crippen LogP contribution < -0.4 is 4.74 Å². The minimum absolute atomic E-state index is 0.137. The van der Waals surface area contributed by atoms with Crippen molar-refractivity contribution in [3.8, 4) is 5.75 Å². The summed E-state index contributed by atoms with van der Waals surface area (Å²) in [7, 11) is 1.65. The molecule has 0 saturated carbocycles. The van der Waals surface area contributed by atoms with Crippen LogP contribution in [0.15, 0.2) is 18.2 Å². The number of nitrogens with zero attached hydrogens (tertiary/aromatic N) is 1. The molecule has 0 radical (unpaired) electrons. The number of carboxylic acids is 1. The average molecular weight is 312 g/mol. The molecule has 2 rings (SSSR count). The van der Waals surface area contributed by atoms with Gasteiger partial charge >= 0.3 is 5.97 Å². The molecule has 1 aliphatic heterocycles. The molecule has 0 aliphatic carbocycles. The second kappa shape index (κ2) is 7.14. The Morgan fingerprint density at radius 2 is 2.33 bits per heavy atom. The summed E-state index contributed by atoms with van der Waals surface area (Å²) >= 11 is 6.50. The molecule has 1 aromatic carbocycles. The second-order valence-corrected chi connectivity index (χ2v) is 6.16. The van der Waals surface area contributed by atoms with Crippen LogP contribution >= 0.6 is 11.6 Å². The Balaban J connectivity index is 1.99. The number of carboxylic acid groups (broad SMARTS) is 1. The van der Waals surface area contributed by atoms with E-state index in [1.807, 2.05) is 25.1 Å². The maximum absolute atomic E-state index is 11.1. The molecule has 0 aromatic heterocycles. The number of ether oxygens (including phenoxy) is 1. The third-order valence-corrected chi connectivity index (χ3v) is 4.44. The molecule has 1 aliphatic rings. The lowest BCUT2D eigenvalue weighted by Gasteiger charge is -2.32. The molecule has 1 fully saturated rings. The molecule has 2 unspecified atom stereocenters. The van der Waals surface area contributed by atoms with Crippen molar-refractivity contribution >= 4 is 17.6 Å². The van der Waals surface area contributed by atoms with Crippen molar-refractivity contribution in [1.82, 2.24) is 4.90 Å². The number of benzene rings is 1. The second-order valence-electron chi connectivity index (χ2n) is 5.63. The molecule has 1 saturated heterocycles. The molecule has 0 spiro atoms. The number of hydrogen-bond donors (Lipinski definition) is 1. The molecule has 21 heavy (non-hydrogen) atoms. The Bertz CT molecular complexity index is 506. The molecule has 1 N–H and O–H groups in total. The van der Waals surface area contributed by atoms with Crippen molar-refractivity contribution in [2.45, 2.75) is 25.1 Å². The number of carbonyl (C=O) groups is 1. The number of aryl methyl sites for hydroxylation is 1. The predicted octanol–water partition coefficient (Wildman–Crippen LogP) is 3.08. The SMILES string of the molecule is COc1ccc(C(Cl)CN2CCCC(C(=O)O)C2)cc1C. The monoisotopic (exact) mass is 311 g/mol. The van der Waals surface area contributed by atoms with E-state index in [1.54, 1.807) is 7.11 Å². The summed E-state index contributed by atoms with van der Waals surface area (Å²) in [5.41, 5.74) is 2.11. The van der Waals surface area contributed by atoms with Crippen LogP contribution in [0.4, 0.5) is 0 Å². The fourth-order valence-corrected chi connectivity index (χ4v) is 3.18. The number of aliphatic carboxylic acids is 1. The average Bonchev–Trinajstić information content (AvgIpc) is 2.47. The van der Waals surface area contributed by atoms with Gasteiger partial charge < -0.3 is 14.7 Å². The van der Waals surface area contributed by atoms with Crippen molar-refractivity contribution in [2.24, 2.45) is 5.92 Å². The molecule has 0 bridgehead atoms. The van der Waals surface area contributed by atoms with Gasteiger partial charge in [0.25, 0.3) is 0 Å². The van der Waals surface area contributed by atoms with Crippen LogP contribution in [0.25, 0.3) is 0 Å². The molecule has 1 heterocycles. The summed E-state index contributed by atoms with van der Waals surface area (Å²) in [4.78, 5) is 13.2. The highest BCUT2D eigenvalue weighted by Gasteiger charge is 2.26. The van der Waals surface area contributed by atoms with Gasteiger partial charge in [-0.3, -0.25) is 4.79 Å². The van der Waals surface area contributed by atoms with E-state index in [0.29, 0.717) is 13.1 Å². The highest BCUT2D eigenvalue weighted by molar-refractivity contribution is 6.21. The lowest BCUT2D eigenvalue weighted by atomic mass is 9.97. The number of halogens is 1. The standard InChI is InChI=1S/C16H22ClNO3/c1-11-8-12(5-6-15(11)21-2)14(17)10-18-7-3-4-13(9-18)16(19)20/h5-6,8,13-14H,3-4,7,9-10H2,1-2H3,(H,19,20). The van der Waals surface area contributed by atoms with Gasteiger partial charge in [0.05, 0.1) is 18.4 Å². The predicted molar refractivity (Wildman–Crippen MR) is 83.1 cm³/mol. The van der Waals surface area contributed by atoms with Gasteiger partial charge in [-0.1, -0.05) is 12.1 Å². The molecule has 4 nitrogen and oxygen atoms in total. The normalized spacial score (nSPS) is 21.0. The van der Waals surface area contributed by atoms with E-state index in [2.05, 4.69) is 4.90 Å². The molecule has 0 amide bonds. The van der Waals surface area contributed by atoms with Gasteiger partial charge in [-0.05, 0) is 43.5 Å². The van der Waals surface area contributed by atoms with Gasteiger partial charge in [-0.25, -0.2) is 0 Å². The summed E-state index contributed by atoms with van der Waals surface area (Å²) in [5, 5.41) is 8.99. The summed E-state index contributed by atoms with van der Waals surface area (Å²) in [6.07, 6.45) is 1.68. The minimum Gasteiger partial charge on any atom is -0.496 e. The Labute approximate surface area is 130 Å². The topological polar surface area (TPSA) is 49.8 Å². The van der Waals surface area contributed by atoms with Crippen molar-refractivity contribution in [1.29, 1.82) is 0 Å². The van der Waals surface area contributed by atoms with Crippen molar-refractivity contribution in [3.05, 3.63) is 29.3 Å². The number of methoxy groups -OCH3 is 1. The molecule has 5 heteroatoms. The Morgan fingerprint density at radius 1 is 1.57 bits per heavy atom. The molecular weight excluding hydrogens is 290 g/mol. The Kier molecular flexibility index (Phi) is 5.48. The Hall–Kier alpha value is -1.26. The van der Waals surface area contributed by atoms with Crippen molar-refractivity contribution in [3.63, 3.8) is 0 Å². The largest absolute Gasteiger partial charge is 0.496 e. The van der Waals surface area contributed by atoms with E-state index in [1.165, 1.54) is 0 Å². The molecular formula is C16H22ClNO3. The van der Waals surface area contributed by atoms with Crippen LogP contribution in [-0.2, 0) is 4.79 Å². The maximum atomic E-state index is 11.1. The highest BCUT2D eigenvalue weighted by atomic mass is 35.5. The third kappa shape index (κ3) is 4.11. The van der Waals surface area contributed by atoms with Crippen molar-refractivity contribution in [2.75, 3.05) is 26.7 Å². The summed E-state index contributed by atoms with van der Waals surface area (Å²) in [5.74, 6) is -0.113. The smallest absolute Gasteiger partial charge is 0.307 e. The Morgan fingerprint density at radius 3 is 2.95 bits per heavy atom. The number of likely N-dealkylation sites (tertiary alicyclic amines) is 1. The van der Waals surface area contributed by atoms with E-state index in [9.17, 15) is 4.79 Å². The van der Waals surface area contributed by atoms with Gasteiger partial charge in [0.2, 0.25) is 0 Å². The van der Waals surface area contributed by atoms with Gasteiger partial charge in [0.15, 0.2) is 0 Å². The van der Waals surface area contributed by atoms with Crippen LogP contribution in [0.1, 0.15) is 29.3 Å². The molecule has 1 aromatic rings. The van der Waals surface area contributed by atoms with Gasteiger partial charge in [-0.2, -0.15) is 0 Å². The lowest BCUT2D eigenvalue weighted by molar-refractivity contribution is -0.143. The van der Waals surface area contributed by atoms with Crippen LogP contribution in [0, 0.1) is 12.8 Å². The van der Waals surface area contributed by atoms with Crippen LogP contribution in [-0.4, -0.2) is 42.7 Å². The van der Waals surface area contributed by atoms with Crippen LogP contribution in [0.2, 0.25) is 0 Å². The number of rotatable bonds is 5. The first kappa shape index (κ1) is 16.1. The fourth-order valence-electron chi connectivity index (χ4n) is 2.85. The fraction of sp³-hybridized carbons (Fsp3) is 0.562. The minimum atomic E-state index is -0.703. The summed E-state index contributed by atoms with van der Waals surface area (Å²) < 4.78 is 5.25. The zero-order valence-corrected chi connectivity index (χ0v) is 13.3. The summed E-state index contributed by atoms with van der Waals surface area (Å²) in [6.45, 7) is 4.18. The van der Waals surface area contributed by atoms with E-state index in [4.69, 9.17) is 21.4 Å². The van der Waals surface area contributed by atoms with Gasteiger partial charge in [0, 0.05) is 13.1 Å². The third-order valence-electron chi connectivity index (χ3n) is 4.05.